The minimum atomic E-state index is -4.83. The number of carbonyl (C=O) groups excluding carboxylic acids is 1. The predicted octanol–water partition coefficient (Wildman–Crippen LogP) is 3.44. The molecule has 2 heterocycles. The van der Waals surface area contributed by atoms with Crippen LogP contribution in [-0.4, -0.2) is 53.0 Å². The maximum atomic E-state index is 14.9. The van der Waals surface area contributed by atoms with E-state index in [9.17, 15) is 40.3 Å². The molecule has 1 saturated carbocycles. The quantitative estimate of drug-likeness (QED) is 0.456. The summed E-state index contributed by atoms with van der Waals surface area (Å²) in [6.45, 7) is -0.552. The number of halogens is 7. The van der Waals surface area contributed by atoms with Gasteiger partial charge in [0.25, 0.3) is 5.91 Å². The Morgan fingerprint density at radius 3 is 2.32 bits per heavy atom. The van der Waals surface area contributed by atoms with Crippen molar-refractivity contribution in [2.24, 2.45) is 5.92 Å². The minimum Gasteiger partial charge on any atom is -0.395 e. The highest BCUT2D eigenvalue weighted by molar-refractivity contribution is 5.97. The van der Waals surface area contributed by atoms with Gasteiger partial charge in [0, 0.05) is 31.9 Å². The first kappa shape index (κ1) is 26.4. The van der Waals surface area contributed by atoms with Crippen LogP contribution in [-0.2, 0) is 0 Å². The van der Waals surface area contributed by atoms with Gasteiger partial charge in [-0.05, 0) is 24.8 Å². The van der Waals surface area contributed by atoms with E-state index in [0.717, 1.165) is 4.90 Å². The van der Waals surface area contributed by atoms with Crippen molar-refractivity contribution < 1.29 is 40.6 Å². The third kappa shape index (κ3) is 5.10. The maximum Gasteiger partial charge on any atom is 0.408 e. The van der Waals surface area contributed by atoms with Crippen LogP contribution >= 0.6 is 0 Å². The standard InChI is InChI=1S/C23H19F7N4O3/c1-33(4-5-35)21-16(27)8-12-18(36)13(22(37)31-19(10-2-3-10)23(28,29)30)9-34(20(12)32-21)17-14(25)6-11(24)7-15(17)26/h6-10,19,35H,2-5H2,1H3,(H,31,37). The zero-order valence-corrected chi connectivity index (χ0v) is 19.0. The molecule has 0 aliphatic heterocycles. The van der Waals surface area contributed by atoms with E-state index in [1.807, 2.05) is 0 Å². The fourth-order valence-corrected chi connectivity index (χ4v) is 3.95. The first-order valence-corrected chi connectivity index (χ1v) is 10.9. The molecule has 37 heavy (non-hydrogen) atoms. The van der Waals surface area contributed by atoms with Gasteiger partial charge >= 0.3 is 6.18 Å². The van der Waals surface area contributed by atoms with Crippen LogP contribution in [0.1, 0.15) is 23.2 Å². The second-order valence-corrected chi connectivity index (χ2v) is 8.60. The highest BCUT2D eigenvalue weighted by atomic mass is 19.4. The number of nitrogens with zero attached hydrogens (tertiary/aromatic N) is 3. The Hall–Kier alpha value is -3.68. The molecule has 14 heteroatoms. The molecule has 1 aliphatic carbocycles. The number of amides is 1. The molecular weight excluding hydrogens is 513 g/mol. The van der Waals surface area contributed by atoms with Gasteiger partial charge in [-0.1, -0.05) is 0 Å². The Balaban J connectivity index is 1.97. The van der Waals surface area contributed by atoms with E-state index in [2.05, 4.69) is 4.98 Å². The number of aliphatic hydroxyl groups excluding tert-OH is 1. The highest BCUT2D eigenvalue weighted by Gasteiger charge is 2.50. The molecule has 0 saturated heterocycles. The number of alkyl halides is 3. The highest BCUT2D eigenvalue weighted by Crippen LogP contribution is 2.40. The predicted molar refractivity (Wildman–Crippen MR) is 118 cm³/mol. The average molecular weight is 532 g/mol. The largest absolute Gasteiger partial charge is 0.408 e. The molecule has 1 aliphatic rings. The van der Waals surface area contributed by atoms with Gasteiger partial charge in [-0.3, -0.25) is 14.2 Å². The lowest BCUT2D eigenvalue weighted by Crippen LogP contribution is -2.48. The van der Waals surface area contributed by atoms with Crippen molar-refractivity contribution >= 4 is 22.8 Å². The molecule has 2 N–H and O–H groups in total. The molecule has 3 aromatic rings. The van der Waals surface area contributed by atoms with Gasteiger partial charge in [0.1, 0.15) is 23.1 Å². The molecule has 0 radical (unpaired) electrons. The Morgan fingerprint density at radius 1 is 1.16 bits per heavy atom. The van der Waals surface area contributed by atoms with Crippen LogP contribution in [0, 0.1) is 29.2 Å². The van der Waals surface area contributed by atoms with Crippen LogP contribution in [0.4, 0.5) is 36.6 Å². The Bertz CT molecular complexity index is 1410. The van der Waals surface area contributed by atoms with Crippen molar-refractivity contribution in [3.05, 3.63) is 63.5 Å². The van der Waals surface area contributed by atoms with Gasteiger partial charge in [0.15, 0.2) is 28.9 Å². The van der Waals surface area contributed by atoms with Crippen molar-refractivity contribution in [1.29, 1.82) is 0 Å². The van der Waals surface area contributed by atoms with Crippen molar-refractivity contribution in [3.63, 3.8) is 0 Å². The van der Waals surface area contributed by atoms with Crippen LogP contribution in [0.5, 0.6) is 0 Å². The Morgan fingerprint density at radius 2 is 1.78 bits per heavy atom. The van der Waals surface area contributed by atoms with E-state index in [-0.39, 0.29) is 19.4 Å². The van der Waals surface area contributed by atoms with Crippen LogP contribution in [0.15, 0.2) is 29.2 Å². The number of hydrogen-bond acceptors (Lipinski definition) is 5. The molecule has 2 aromatic heterocycles. The lowest BCUT2D eigenvalue weighted by atomic mass is 10.1. The number of benzene rings is 1. The normalized spacial score (nSPS) is 14.6. The summed E-state index contributed by atoms with van der Waals surface area (Å²) in [5.74, 6) is -8.23. The first-order chi connectivity index (χ1) is 17.3. The number of anilines is 1. The average Bonchev–Trinajstić information content (AvgIpc) is 3.62. The number of fused-ring (bicyclic) bond motifs is 1. The van der Waals surface area contributed by atoms with E-state index >= 15 is 0 Å². The van der Waals surface area contributed by atoms with Gasteiger partial charge < -0.3 is 15.3 Å². The molecule has 1 aromatic carbocycles. The fraction of sp³-hybridized carbons (Fsp3) is 0.348. The first-order valence-electron chi connectivity index (χ1n) is 10.9. The number of hydrogen-bond donors (Lipinski definition) is 2. The van der Waals surface area contributed by atoms with Crippen molar-refractivity contribution in [2.45, 2.75) is 25.1 Å². The van der Waals surface area contributed by atoms with Gasteiger partial charge in [0.05, 0.1) is 12.0 Å². The molecule has 1 amide bonds. The zero-order chi connectivity index (χ0) is 27.2. The van der Waals surface area contributed by atoms with E-state index < -0.39 is 87.4 Å². The summed E-state index contributed by atoms with van der Waals surface area (Å²) in [5.41, 5.74) is -3.79. The number of rotatable bonds is 7. The third-order valence-corrected chi connectivity index (χ3v) is 5.91. The number of pyridine rings is 2. The summed E-state index contributed by atoms with van der Waals surface area (Å²) in [6.07, 6.45) is -3.88. The van der Waals surface area contributed by atoms with Crippen LogP contribution in [0.2, 0.25) is 0 Å². The molecule has 198 valence electrons. The second kappa shape index (κ2) is 9.65. The lowest BCUT2D eigenvalue weighted by molar-refractivity contribution is -0.158. The molecular formula is C23H19F7N4O3. The topological polar surface area (TPSA) is 87.5 Å². The van der Waals surface area contributed by atoms with E-state index in [1.54, 1.807) is 5.32 Å². The molecule has 0 spiro atoms. The smallest absolute Gasteiger partial charge is 0.395 e. The number of likely N-dealkylation sites (N-methyl/N-ethyl adjacent to an activating group) is 1. The fourth-order valence-electron chi connectivity index (χ4n) is 3.95. The lowest BCUT2D eigenvalue weighted by Gasteiger charge is -2.22. The minimum absolute atomic E-state index is 0.126. The monoisotopic (exact) mass is 532 g/mol. The summed E-state index contributed by atoms with van der Waals surface area (Å²) < 4.78 is 98.7. The Kier molecular flexibility index (Phi) is 6.88. The second-order valence-electron chi connectivity index (χ2n) is 8.60. The maximum absolute atomic E-state index is 14.9. The summed E-state index contributed by atoms with van der Waals surface area (Å²) in [4.78, 5) is 31.0. The molecule has 1 unspecified atom stereocenters. The summed E-state index contributed by atoms with van der Waals surface area (Å²) in [5, 5.41) is 10.2. The van der Waals surface area contributed by atoms with Crippen molar-refractivity contribution in [2.75, 3.05) is 25.1 Å². The number of aromatic nitrogens is 2. The van der Waals surface area contributed by atoms with E-state index in [1.165, 1.54) is 7.05 Å². The van der Waals surface area contributed by atoms with Gasteiger partial charge in [-0.2, -0.15) is 13.2 Å². The summed E-state index contributed by atoms with van der Waals surface area (Å²) in [6, 6.07) is -1.05. The Labute approximate surface area is 204 Å². The SMILES string of the molecule is CN(CCO)c1nc2c(cc1F)c(=O)c(C(=O)NC(C1CC1)C(F)(F)F)cn2-c1c(F)cc(F)cc1F. The van der Waals surface area contributed by atoms with Gasteiger partial charge in [0.2, 0.25) is 5.43 Å². The number of aliphatic hydroxyl groups is 1. The molecule has 7 nitrogen and oxygen atoms in total. The van der Waals surface area contributed by atoms with Crippen LogP contribution < -0.4 is 15.6 Å². The van der Waals surface area contributed by atoms with Gasteiger partial charge in [-0.25, -0.2) is 22.5 Å². The zero-order valence-electron chi connectivity index (χ0n) is 19.0. The van der Waals surface area contributed by atoms with E-state index in [0.29, 0.717) is 29.0 Å². The van der Waals surface area contributed by atoms with Crippen molar-refractivity contribution in [3.8, 4) is 5.69 Å². The molecule has 1 atom stereocenters. The summed E-state index contributed by atoms with van der Waals surface area (Å²) in [7, 11) is 1.33. The molecule has 1 fully saturated rings. The summed E-state index contributed by atoms with van der Waals surface area (Å²) >= 11 is 0. The van der Waals surface area contributed by atoms with E-state index in [4.69, 9.17) is 5.11 Å². The third-order valence-electron chi connectivity index (χ3n) is 5.91. The van der Waals surface area contributed by atoms with Crippen LogP contribution in [0.3, 0.4) is 0 Å². The number of nitrogens with one attached hydrogen (secondary N) is 1. The molecule has 0 bridgehead atoms. The number of carbonyl (C=O) groups is 1. The van der Waals surface area contributed by atoms with Gasteiger partial charge in [-0.15, -0.1) is 0 Å². The van der Waals surface area contributed by atoms with Crippen molar-refractivity contribution in [1.82, 2.24) is 14.9 Å². The van der Waals surface area contributed by atoms with Crippen LogP contribution in [0.25, 0.3) is 16.7 Å². The molecule has 4 rings (SSSR count).